The monoisotopic (exact) mass is 325 g/mol. The maximum Gasteiger partial charge on any atom is 0.127 e. The molecule has 0 saturated heterocycles. The summed E-state index contributed by atoms with van der Waals surface area (Å²) in [6.45, 7) is 0.350. The van der Waals surface area contributed by atoms with Gasteiger partial charge in [0.2, 0.25) is 0 Å². The number of hydrogen-bond acceptors (Lipinski definition) is 3. The van der Waals surface area contributed by atoms with Crippen molar-refractivity contribution >= 4 is 17.7 Å². The van der Waals surface area contributed by atoms with Gasteiger partial charge in [0.1, 0.15) is 5.60 Å². The maximum absolute atomic E-state index is 11.2. The highest BCUT2D eigenvalue weighted by Gasteiger charge is 2.27. The Morgan fingerprint density at radius 2 is 1.96 bits per heavy atom. The topological polar surface area (TPSA) is 50.9 Å². The van der Waals surface area contributed by atoms with Crippen LogP contribution >= 0.6 is 11.6 Å². The maximum atomic E-state index is 11.2. The van der Waals surface area contributed by atoms with E-state index in [1.807, 2.05) is 53.2 Å². The molecule has 0 saturated carbocycles. The SMILES string of the molecule is O[C@@](/C=C/c1ccc(Cl)cc1)(Cn1ccnc1)c1cccnc1. The Kier molecular flexibility index (Phi) is 4.55. The number of pyridine rings is 1. The molecule has 5 heteroatoms. The van der Waals surface area contributed by atoms with Crippen LogP contribution in [0.3, 0.4) is 0 Å². The first-order valence-electron chi connectivity index (χ1n) is 7.19. The molecule has 0 aliphatic rings. The van der Waals surface area contributed by atoms with E-state index in [9.17, 15) is 5.11 Å². The zero-order valence-corrected chi connectivity index (χ0v) is 13.1. The van der Waals surface area contributed by atoms with Gasteiger partial charge in [0.15, 0.2) is 0 Å². The molecule has 1 N–H and O–H groups in total. The van der Waals surface area contributed by atoms with Crippen LogP contribution in [-0.2, 0) is 12.1 Å². The minimum absolute atomic E-state index is 0.350. The number of halogens is 1. The second-order valence-electron chi connectivity index (χ2n) is 5.29. The molecule has 2 aromatic heterocycles. The molecule has 0 spiro atoms. The van der Waals surface area contributed by atoms with Crippen molar-refractivity contribution in [3.05, 3.63) is 89.7 Å². The lowest BCUT2D eigenvalue weighted by Crippen LogP contribution is -2.28. The third-order valence-electron chi connectivity index (χ3n) is 3.57. The lowest BCUT2D eigenvalue weighted by molar-refractivity contribution is 0.0701. The number of rotatable bonds is 5. The standard InChI is InChI=1S/C18H16ClN3O/c19-17-5-3-15(4-6-17)7-8-18(23,13-22-11-10-21-14-22)16-2-1-9-20-12-16/h1-12,14,23H,13H2/b8-7+/t18-/m0/s1. The zero-order chi connectivity index (χ0) is 16.1. The highest BCUT2D eigenvalue weighted by Crippen LogP contribution is 2.25. The van der Waals surface area contributed by atoms with E-state index >= 15 is 0 Å². The second kappa shape index (κ2) is 6.77. The first-order chi connectivity index (χ1) is 11.2. The third kappa shape index (κ3) is 3.86. The molecule has 0 fully saturated rings. The minimum atomic E-state index is -1.19. The molecule has 3 aromatic rings. The Bertz CT molecular complexity index is 770. The van der Waals surface area contributed by atoms with Gasteiger partial charge in [-0.1, -0.05) is 35.9 Å². The van der Waals surface area contributed by atoms with Gasteiger partial charge in [0, 0.05) is 35.4 Å². The quantitative estimate of drug-likeness (QED) is 0.780. The van der Waals surface area contributed by atoms with Gasteiger partial charge < -0.3 is 9.67 Å². The van der Waals surface area contributed by atoms with E-state index in [1.165, 1.54) is 0 Å². The molecule has 0 aliphatic heterocycles. The molecule has 0 amide bonds. The van der Waals surface area contributed by atoms with Crippen molar-refractivity contribution in [2.24, 2.45) is 0 Å². The zero-order valence-electron chi connectivity index (χ0n) is 12.4. The van der Waals surface area contributed by atoms with E-state index < -0.39 is 5.60 Å². The van der Waals surface area contributed by atoms with Gasteiger partial charge in [-0.3, -0.25) is 4.98 Å². The molecule has 3 rings (SSSR count). The molecule has 1 aromatic carbocycles. The van der Waals surface area contributed by atoms with Gasteiger partial charge in [-0.05, 0) is 29.8 Å². The average Bonchev–Trinajstić information content (AvgIpc) is 3.08. The summed E-state index contributed by atoms with van der Waals surface area (Å²) >= 11 is 5.90. The van der Waals surface area contributed by atoms with Crippen molar-refractivity contribution in [2.45, 2.75) is 12.1 Å². The van der Waals surface area contributed by atoms with E-state index in [0.29, 0.717) is 11.6 Å². The summed E-state index contributed by atoms with van der Waals surface area (Å²) in [5, 5.41) is 11.9. The molecular formula is C18H16ClN3O. The number of nitrogens with zero attached hydrogens (tertiary/aromatic N) is 3. The number of hydrogen-bond donors (Lipinski definition) is 1. The largest absolute Gasteiger partial charge is 0.379 e. The van der Waals surface area contributed by atoms with Crippen LogP contribution in [0.4, 0.5) is 0 Å². The number of aromatic nitrogens is 3. The van der Waals surface area contributed by atoms with Gasteiger partial charge in [0.25, 0.3) is 0 Å². The molecule has 0 unspecified atom stereocenters. The van der Waals surface area contributed by atoms with E-state index in [-0.39, 0.29) is 0 Å². The van der Waals surface area contributed by atoms with E-state index in [0.717, 1.165) is 11.1 Å². The van der Waals surface area contributed by atoms with Crippen molar-refractivity contribution in [3.8, 4) is 0 Å². The fourth-order valence-corrected chi connectivity index (χ4v) is 2.45. The Hall–Kier alpha value is -2.43. The fourth-order valence-electron chi connectivity index (χ4n) is 2.33. The van der Waals surface area contributed by atoms with Crippen molar-refractivity contribution in [1.82, 2.24) is 14.5 Å². The summed E-state index contributed by atoms with van der Waals surface area (Å²) < 4.78 is 1.83. The smallest absolute Gasteiger partial charge is 0.127 e. The number of imidazole rings is 1. The lowest BCUT2D eigenvalue weighted by Gasteiger charge is -2.25. The van der Waals surface area contributed by atoms with Crippen LogP contribution in [0.1, 0.15) is 11.1 Å². The molecule has 0 bridgehead atoms. The lowest BCUT2D eigenvalue weighted by atomic mass is 9.93. The van der Waals surface area contributed by atoms with Gasteiger partial charge in [0.05, 0.1) is 12.9 Å². The average molecular weight is 326 g/mol. The molecule has 23 heavy (non-hydrogen) atoms. The number of aliphatic hydroxyl groups is 1. The van der Waals surface area contributed by atoms with Gasteiger partial charge >= 0.3 is 0 Å². The Morgan fingerprint density at radius 3 is 2.61 bits per heavy atom. The minimum Gasteiger partial charge on any atom is -0.379 e. The summed E-state index contributed by atoms with van der Waals surface area (Å²) in [5.41, 5.74) is 0.496. The molecular weight excluding hydrogens is 310 g/mol. The fraction of sp³-hybridized carbons (Fsp3) is 0.111. The van der Waals surface area contributed by atoms with Gasteiger partial charge in [-0.25, -0.2) is 4.98 Å². The highest BCUT2D eigenvalue weighted by atomic mass is 35.5. The normalized spacial score (nSPS) is 14.0. The Morgan fingerprint density at radius 1 is 1.13 bits per heavy atom. The van der Waals surface area contributed by atoms with Crippen molar-refractivity contribution in [3.63, 3.8) is 0 Å². The van der Waals surface area contributed by atoms with E-state index in [1.54, 1.807) is 31.0 Å². The highest BCUT2D eigenvalue weighted by molar-refractivity contribution is 6.30. The summed E-state index contributed by atoms with van der Waals surface area (Å²) in [6, 6.07) is 11.1. The van der Waals surface area contributed by atoms with Crippen LogP contribution in [0.15, 0.2) is 73.6 Å². The van der Waals surface area contributed by atoms with Crippen LogP contribution in [0.2, 0.25) is 5.02 Å². The van der Waals surface area contributed by atoms with Crippen molar-refractivity contribution in [2.75, 3.05) is 0 Å². The first-order valence-corrected chi connectivity index (χ1v) is 7.57. The molecule has 0 radical (unpaired) electrons. The summed E-state index contributed by atoms with van der Waals surface area (Å²) in [4.78, 5) is 8.14. The third-order valence-corrected chi connectivity index (χ3v) is 3.82. The Labute approximate surface area is 139 Å². The molecule has 116 valence electrons. The van der Waals surface area contributed by atoms with Crippen LogP contribution in [0.25, 0.3) is 6.08 Å². The molecule has 0 aliphatic carbocycles. The summed E-state index contributed by atoms with van der Waals surface area (Å²) in [6.07, 6.45) is 12.2. The summed E-state index contributed by atoms with van der Waals surface area (Å²) in [7, 11) is 0. The van der Waals surface area contributed by atoms with Crippen LogP contribution in [-0.4, -0.2) is 19.6 Å². The molecule has 1 atom stereocenters. The van der Waals surface area contributed by atoms with Crippen molar-refractivity contribution in [1.29, 1.82) is 0 Å². The van der Waals surface area contributed by atoms with Crippen LogP contribution < -0.4 is 0 Å². The molecule has 2 heterocycles. The second-order valence-corrected chi connectivity index (χ2v) is 5.72. The van der Waals surface area contributed by atoms with Crippen molar-refractivity contribution < 1.29 is 5.11 Å². The summed E-state index contributed by atoms with van der Waals surface area (Å²) in [5.74, 6) is 0. The van der Waals surface area contributed by atoms with Gasteiger partial charge in [-0.15, -0.1) is 0 Å². The Balaban J connectivity index is 1.93. The van der Waals surface area contributed by atoms with Gasteiger partial charge in [-0.2, -0.15) is 0 Å². The van der Waals surface area contributed by atoms with E-state index in [4.69, 9.17) is 11.6 Å². The van der Waals surface area contributed by atoms with E-state index in [2.05, 4.69) is 9.97 Å². The predicted molar refractivity (Wildman–Crippen MR) is 90.8 cm³/mol. The molecule has 4 nitrogen and oxygen atoms in total. The number of benzene rings is 1. The van der Waals surface area contributed by atoms with Crippen LogP contribution in [0, 0.1) is 0 Å². The predicted octanol–water partition coefficient (Wildman–Crippen LogP) is 3.53. The first kappa shape index (κ1) is 15.5. The van der Waals surface area contributed by atoms with Crippen LogP contribution in [0.5, 0.6) is 0 Å².